The van der Waals surface area contributed by atoms with E-state index in [4.69, 9.17) is 0 Å². The van der Waals surface area contributed by atoms with Crippen molar-refractivity contribution >= 4 is 27.7 Å². The first-order chi connectivity index (χ1) is 8.65. The number of thioether (sulfide) groups is 1. The van der Waals surface area contributed by atoms with E-state index in [1.54, 1.807) is 11.8 Å². The highest BCUT2D eigenvalue weighted by Crippen LogP contribution is 2.26. The Hall–Kier alpha value is -0.770. The predicted molar refractivity (Wildman–Crippen MR) is 81.0 cm³/mol. The summed E-state index contributed by atoms with van der Waals surface area (Å²) in [5.41, 5.74) is 2.19. The zero-order valence-electron chi connectivity index (χ0n) is 10.1. The van der Waals surface area contributed by atoms with E-state index >= 15 is 0 Å². The minimum Gasteiger partial charge on any atom is -0.388 e. The van der Waals surface area contributed by atoms with E-state index < -0.39 is 6.10 Å². The summed E-state index contributed by atoms with van der Waals surface area (Å²) >= 11 is 5.11. The molecular weight excluding hydrogens is 308 g/mol. The molecule has 0 bridgehead atoms. The molecule has 0 fully saturated rings. The molecule has 0 aliphatic carbocycles. The molecule has 2 rings (SSSR count). The lowest BCUT2D eigenvalue weighted by Crippen LogP contribution is -2.00. The van der Waals surface area contributed by atoms with E-state index in [-0.39, 0.29) is 0 Å². The van der Waals surface area contributed by atoms with E-state index in [1.165, 1.54) is 5.56 Å². The number of aryl methyl sites for hydroxylation is 1. The molecule has 1 atom stereocenters. The Bertz CT molecular complexity index is 510. The Balaban J connectivity index is 1.96. The molecule has 0 amide bonds. The highest BCUT2D eigenvalue weighted by atomic mass is 79.9. The second-order valence-corrected chi connectivity index (χ2v) is 6.20. The van der Waals surface area contributed by atoms with Crippen molar-refractivity contribution in [1.29, 1.82) is 0 Å². The summed E-state index contributed by atoms with van der Waals surface area (Å²) in [5, 5.41) is 10.1. The SMILES string of the molecule is Cc1ccc(C(O)CSc2cccc(Br)c2)cc1. The zero-order valence-corrected chi connectivity index (χ0v) is 12.5. The molecule has 1 N–H and O–H groups in total. The lowest BCUT2D eigenvalue weighted by molar-refractivity contribution is 0.204. The van der Waals surface area contributed by atoms with Gasteiger partial charge in [-0.3, -0.25) is 0 Å². The Morgan fingerprint density at radius 1 is 1.17 bits per heavy atom. The van der Waals surface area contributed by atoms with Crippen molar-refractivity contribution in [2.45, 2.75) is 17.9 Å². The average molecular weight is 323 g/mol. The van der Waals surface area contributed by atoms with Crippen molar-refractivity contribution in [3.8, 4) is 0 Å². The molecule has 0 heterocycles. The van der Waals surface area contributed by atoms with Gasteiger partial charge in [0.15, 0.2) is 0 Å². The first kappa shape index (κ1) is 13.7. The molecule has 1 nitrogen and oxygen atoms in total. The van der Waals surface area contributed by atoms with Crippen LogP contribution in [-0.4, -0.2) is 10.9 Å². The van der Waals surface area contributed by atoms with Crippen LogP contribution in [0.25, 0.3) is 0 Å². The average Bonchev–Trinajstić information content (AvgIpc) is 2.37. The summed E-state index contributed by atoms with van der Waals surface area (Å²) < 4.78 is 1.07. The normalized spacial score (nSPS) is 12.4. The van der Waals surface area contributed by atoms with Gasteiger partial charge in [-0.1, -0.05) is 51.8 Å². The molecule has 0 radical (unpaired) electrons. The number of rotatable bonds is 4. The van der Waals surface area contributed by atoms with Gasteiger partial charge < -0.3 is 5.11 Å². The zero-order chi connectivity index (χ0) is 13.0. The van der Waals surface area contributed by atoms with E-state index in [0.717, 1.165) is 14.9 Å². The van der Waals surface area contributed by atoms with Crippen molar-refractivity contribution < 1.29 is 5.11 Å². The molecule has 0 saturated carbocycles. The predicted octanol–water partition coefficient (Wildman–Crippen LogP) is 4.58. The first-order valence-corrected chi connectivity index (χ1v) is 7.56. The molecule has 0 aliphatic heterocycles. The number of hydrogen-bond donors (Lipinski definition) is 1. The fourth-order valence-corrected chi connectivity index (χ4v) is 3.10. The van der Waals surface area contributed by atoms with Gasteiger partial charge in [-0.2, -0.15) is 0 Å². The summed E-state index contributed by atoms with van der Waals surface area (Å²) in [5.74, 6) is 0.666. The van der Waals surface area contributed by atoms with Crippen LogP contribution in [0, 0.1) is 6.92 Å². The highest BCUT2D eigenvalue weighted by Gasteiger charge is 2.07. The van der Waals surface area contributed by atoms with Gasteiger partial charge in [0.05, 0.1) is 6.10 Å². The van der Waals surface area contributed by atoms with Crippen molar-refractivity contribution in [1.82, 2.24) is 0 Å². The van der Waals surface area contributed by atoms with E-state index in [1.807, 2.05) is 43.3 Å². The summed E-state index contributed by atoms with van der Waals surface area (Å²) in [6.45, 7) is 2.05. The molecule has 2 aromatic rings. The van der Waals surface area contributed by atoms with Gasteiger partial charge in [-0.15, -0.1) is 11.8 Å². The van der Waals surface area contributed by atoms with Gasteiger partial charge >= 0.3 is 0 Å². The second-order valence-electron chi connectivity index (χ2n) is 4.19. The number of hydrogen-bond acceptors (Lipinski definition) is 2. The van der Waals surface area contributed by atoms with E-state index in [0.29, 0.717) is 5.75 Å². The molecule has 0 aromatic heterocycles. The van der Waals surface area contributed by atoms with Crippen LogP contribution in [0.5, 0.6) is 0 Å². The van der Waals surface area contributed by atoms with Crippen molar-refractivity contribution in [3.05, 3.63) is 64.1 Å². The monoisotopic (exact) mass is 322 g/mol. The summed E-state index contributed by atoms with van der Waals surface area (Å²) in [6.07, 6.45) is -0.422. The van der Waals surface area contributed by atoms with E-state index in [9.17, 15) is 5.11 Å². The Labute approximate surface area is 120 Å². The number of aliphatic hydroxyl groups excluding tert-OH is 1. The molecule has 2 aromatic carbocycles. The standard InChI is InChI=1S/C15H15BrOS/c1-11-5-7-12(8-6-11)15(17)10-18-14-4-2-3-13(16)9-14/h2-9,15,17H,10H2,1H3. The van der Waals surface area contributed by atoms with Crippen molar-refractivity contribution in [2.75, 3.05) is 5.75 Å². The van der Waals surface area contributed by atoms with Crippen LogP contribution < -0.4 is 0 Å². The third-order valence-corrected chi connectivity index (χ3v) is 4.23. The summed E-state index contributed by atoms with van der Waals surface area (Å²) in [4.78, 5) is 1.16. The molecule has 0 spiro atoms. The van der Waals surface area contributed by atoms with Crippen LogP contribution in [0.4, 0.5) is 0 Å². The lowest BCUT2D eigenvalue weighted by atomic mass is 10.1. The largest absolute Gasteiger partial charge is 0.388 e. The van der Waals surface area contributed by atoms with Crippen LogP contribution in [0.15, 0.2) is 57.9 Å². The molecule has 0 saturated heterocycles. The number of aliphatic hydroxyl groups is 1. The van der Waals surface area contributed by atoms with Crippen molar-refractivity contribution in [3.63, 3.8) is 0 Å². The first-order valence-electron chi connectivity index (χ1n) is 5.78. The van der Waals surface area contributed by atoms with Gasteiger partial charge in [0.1, 0.15) is 0 Å². The van der Waals surface area contributed by atoms with Gasteiger partial charge in [0, 0.05) is 15.1 Å². The maximum Gasteiger partial charge on any atom is 0.0883 e. The molecule has 3 heteroatoms. The van der Waals surface area contributed by atoms with Crippen LogP contribution in [0.2, 0.25) is 0 Å². The third-order valence-electron chi connectivity index (χ3n) is 2.67. The fourth-order valence-electron chi connectivity index (χ4n) is 1.62. The Kier molecular flexibility index (Phi) is 4.87. The van der Waals surface area contributed by atoms with E-state index in [2.05, 4.69) is 28.1 Å². The number of benzene rings is 2. The molecule has 0 aliphatic rings. The smallest absolute Gasteiger partial charge is 0.0883 e. The van der Waals surface area contributed by atoms with Gasteiger partial charge in [0.25, 0.3) is 0 Å². The maximum absolute atomic E-state index is 10.1. The second kappa shape index (κ2) is 6.41. The van der Waals surface area contributed by atoms with Crippen LogP contribution >= 0.6 is 27.7 Å². The minimum atomic E-state index is -0.422. The molecular formula is C15H15BrOS. The van der Waals surface area contributed by atoms with Crippen LogP contribution in [0.1, 0.15) is 17.2 Å². The third kappa shape index (κ3) is 3.87. The quantitative estimate of drug-likeness (QED) is 0.831. The van der Waals surface area contributed by atoms with Gasteiger partial charge in [0.2, 0.25) is 0 Å². The lowest BCUT2D eigenvalue weighted by Gasteiger charge is -2.11. The Morgan fingerprint density at radius 2 is 1.89 bits per heavy atom. The summed E-state index contributed by atoms with van der Waals surface area (Å²) in [6, 6.07) is 16.2. The maximum atomic E-state index is 10.1. The molecule has 18 heavy (non-hydrogen) atoms. The molecule has 94 valence electrons. The van der Waals surface area contributed by atoms with Crippen LogP contribution in [-0.2, 0) is 0 Å². The summed E-state index contributed by atoms with van der Waals surface area (Å²) in [7, 11) is 0. The van der Waals surface area contributed by atoms with Gasteiger partial charge in [-0.25, -0.2) is 0 Å². The number of halogens is 1. The minimum absolute atomic E-state index is 0.422. The topological polar surface area (TPSA) is 20.2 Å². The van der Waals surface area contributed by atoms with Gasteiger partial charge in [-0.05, 0) is 30.7 Å². The Morgan fingerprint density at radius 3 is 2.56 bits per heavy atom. The van der Waals surface area contributed by atoms with Crippen molar-refractivity contribution in [2.24, 2.45) is 0 Å². The van der Waals surface area contributed by atoms with Crippen LogP contribution in [0.3, 0.4) is 0 Å². The highest BCUT2D eigenvalue weighted by molar-refractivity contribution is 9.10. The molecule has 1 unspecified atom stereocenters. The fraction of sp³-hybridized carbons (Fsp3) is 0.200.